The van der Waals surface area contributed by atoms with Gasteiger partial charge in [0.1, 0.15) is 5.82 Å². The second kappa shape index (κ2) is 9.79. The maximum Gasteiger partial charge on any atom is 0.255 e. The fourth-order valence-electron chi connectivity index (χ4n) is 3.85. The monoisotopic (exact) mass is 460 g/mol. The SMILES string of the molecule is COc1cc2c(cc1OC)CCN(C)C(C(=O)c1ccc(NC(=O)c3ccc(F)cc3)cc1)=C2. The van der Waals surface area contributed by atoms with Gasteiger partial charge in [-0.05, 0) is 84.3 Å². The molecular formula is C27H25FN2O4. The average molecular weight is 461 g/mol. The molecule has 0 spiro atoms. The van der Waals surface area contributed by atoms with Gasteiger partial charge in [0.15, 0.2) is 11.5 Å². The highest BCUT2D eigenvalue weighted by molar-refractivity contribution is 6.11. The molecule has 1 aliphatic heterocycles. The molecular weight excluding hydrogens is 435 g/mol. The third-order valence-corrected chi connectivity index (χ3v) is 5.81. The average Bonchev–Trinajstić information content (AvgIpc) is 3.01. The van der Waals surface area contributed by atoms with Crippen molar-refractivity contribution in [3.05, 3.63) is 94.4 Å². The van der Waals surface area contributed by atoms with Crippen LogP contribution in [0.5, 0.6) is 11.5 Å². The summed E-state index contributed by atoms with van der Waals surface area (Å²) in [5, 5.41) is 2.76. The van der Waals surface area contributed by atoms with Crippen LogP contribution in [0.2, 0.25) is 0 Å². The Labute approximate surface area is 197 Å². The molecule has 4 rings (SSSR count). The van der Waals surface area contributed by atoms with Gasteiger partial charge in [0, 0.05) is 30.4 Å². The van der Waals surface area contributed by atoms with E-state index in [1.807, 2.05) is 30.2 Å². The number of hydrogen-bond donors (Lipinski definition) is 1. The van der Waals surface area contributed by atoms with Gasteiger partial charge < -0.3 is 19.7 Å². The molecule has 1 amide bonds. The number of rotatable bonds is 6. The van der Waals surface area contributed by atoms with Crippen LogP contribution in [0.1, 0.15) is 31.8 Å². The number of ether oxygens (including phenoxy) is 2. The molecule has 0 saturated heterocycles. The van der Waals surface area contributed by atoms with E-state index < -0.39 is 5.82 Å². The number of likely N-dealkylation sites (N-methyl/N-ethyl adjacent to an activating group) is 1. The van der Waals surface area contributed by atoms with E-state index in [2.05, 4.69) is 5.32 Å². The number of Topliss-reactive ketones (excluding diaryl/α,β-unsaturated/α-hetero) is 1. The van der Waals surface area contributed by atoms with E-state index in [9.17, 15) is 14.0 Å². The molecule has 1 N–H and O–H groups in total. The van der Waals surface area contributed by atoms with Crippen molar-refractivity contribution in [3.8, 4) is 11.5 Å². The van der Waals surface area contributed by atoms with E-state index in [1.165, 1.54) is 24.3 Å². The number of ketones is 1. The van der Waals surface area contributed by atoms with E-state index in [0.717, 1.165) is 17.5 Å². The van der Waals surface area contributed by atoms with Crippen LogP contribution in [0, 0.1) is 5.82 Å². The molecule has 0 bridgehead atoms. The summed E-state index contributed by atoms with van der Waals surface area (Å²) in [4.78, 5) is 27.6. The number of allylic oxidation sites excluding steroid dienone is 1. The summed E-state index contributed by atoms with van der Waals surface area (Å²) in [6.07, 6.45) is 2.63. The number of anilines is 1. The van der Waals surface area contributed by atoms with E-state index in [4.69, 9.17) is 9.47 Å². The summed E-state index contributed by atoms with van der Waals surface area (Å²) < 4.78 is 23.9. The van der Waals surface area contributed by atoms with Crippen LogP contribution in [0.3, 0.4) is 0 Å². The van der Waals surface area contributed by atoms with Crippen molar-refractivity contribution < 1.29 is 23.5 Å². The van der Waals surface area contributed by atoms with Crippen molar-refractivity contribution in [2.75, 3.05) is 33.1 Å². The van der Waals surface area contributed by atoms with Gasteiger partial charge in [-0.3, -0.25) is 9.59 Å². The van der Waals surface area contributed by atoms with Gasteiger partial charge in [0.05, 0.1) is 19.9 Å². The molecule has 0 atom stereocenters. The number of carbonyl (C=O) groups excluding carboxylic acids is 2. The molecule has 0 unspecified atom stereocenters. The minimum Gasteiger partial charge on any atom is -0.493 e. The quantitative estimate of drug-likeness (QED) is 0.535. The highest BCUT2D eigenvalue weighted by Gasteiger charge is 2.22. The van der Waals surface area contributed by atoms with Gasteiger partial charge in [0.2, 0.25) is 5.78 Å². The Bertz CT molecular complexity index is 1250. The Kier molecular flexibility index (Phi) is 6.63. The van der Waals surface area contributed by atoms with E-state index in [1.54, 1.807) is 38.5 Å². The summed E-state index contributed by atoms with van der Waals surface area (Å²) in [5.41, 5.74) is 3.93. The Morgan fingerprint density at radius 2 is 1.53 bits per heavy atom. The first-order valence-corrected chi connectivity index (χ1v) is 10.8. The van der Waals surface area contributed by atoms with Crippen LogP contribution in [-0.4, -0.2) is 44.4 Å². The molecule has 1 heterocycles. The summed E-state index contributed by atoms with van der Waals surface area (Å²) in [7, 11) is 5.07. The maximum absolute atomic E-state index is 13.3. The van der Waals surface area contributed by atoms with Crippen molar-refractivity contribution in [2.24, 2.45) is 0 Å². The predicted molar refractivity (Wildman–Crippen MR) is 129 cm³/mol. The number of amides is 1. The Morgan fingerprint density at radius 3 is 2.18 bits per heavy atom. The number of methoxy groups -OCH3 is 2. The fraction of sp³-hybridized carbons (Fsp3) is 0.185. The zero-order valence-corrected chi connectivity index (χ0v) is 19.2. The minimum absolute atomic E-state index is 0.124. The lowest BCUT2D eigenvalue weighted by Crippen LogP contribution is -2.24. The topological polar surface area (TPSA) is 67.9 Å². The van der Waals surface area contributed by atoms with Crippen LogP contribution in [0.25, 0.3) is 6.08 Å². The lowest BCUT2D eigenvalue weighted by Gasteiger charge is -2.20. The van der Waals surface area contributed by atoms with Crippen LogP contribution in [0.15, 0.2) is 66.4 Å². The highest BCUT2D eigenvalue weighted by Crippen LogP contribution is 2.34. The smallest absolute Gasteiger partial charge is 0.255 e. The minimum atomic E-state index is -0.405. The molecule has 0 aromatic heterocycles. The van der Waals surface area contributed by atoms with Gasteiger partial charge in [-0.15, -0.1) is 0 Å². The van der Waals surface area contributed by atoms with Crippen molar-refractivity contribution in [1.82, 2.24) is 4.90 Å². The summed E-state index contributed by atoms with van der Waals surface area (Å²) in [6.45, 7) is 0.672. The maximum atomic E-state index is 13.3. The Balaban J connectivity index is 1.56. The first-order chi connectivity index (χ1) is 16.4. The zero-order chi connectivity index (χ0) is 24.2. The molecule has 3 aromatic carbocycles. The molecule has 1 aliphatic rings. The largest absolute Gasteiger partial charge is 0.493 e. The molecule has 0 fully saturated rings. The Morgan fingerprint density at radius 1 is 0.912 bits per heavy atom. The molecule has 34 heavy (non-hydrogen) atoms. The van der Waals surface area contributed by atoms with Crippen molar-refractivity contribution in [2.45, 2.75) is 6.42 Å². The van der Waals surface area contributed by atoms with Crippen molar-refractivity contribution >= 4 is 23.5 Å². The van der Waals surface area contributed by atoms with E-state index >= 15 is 0 Å². The van der Waals surface area contributed by atoms with Gasteiger partial charge in [-0.25, -0.2) is 4.39 Å². The third kappa shape index (κ3) is 4.78. The molecule has 7 heteroatoms. The van der Waals surface area contributed by atoms with Crippen molar-refractivity contribution in [3.63, 3.8) is 0 Å². The first-order valence-electron chi connectivity index (χ1n) is 10.8. The fourth-order valence-corrected chi connectivity index (χ4v) is 3.85. The molecule has 0 aliphatic carbocycles. The van der Waals surface area contributed by atoms with Gasteiger partial charge in [0.25, 0.3) is 5.91 Å². The van der Waals surface area contributed by atoms with Crippen LogP contribution in [-0.2, 0) is 6.42 Å². The van der Waals surface area contributed by atoms with Crippen molar-refractivity contribution in [1.29, 1.82) is 0 Å². The van der Waals surface area contributed by atoms with Gasteiger partial charge in [-0.1, -0.05) is 0 Å². The number of nitrogens with one attached hydrogen (secondary N) is 1. The number of carbonyl (C=O) groups is 2. The summed E-state index contributed by atoms with van der Waals surface area (Å²) in [5.74, 6) is 0.380. The second-order valence-corrected chi connectivity index (χ2v) is 7.97. The number of fused-ring (bicyclic) bond motifs is 1. The molecule has 0 saturated carbocycles. The Hall–Kier alpha value is -4.13. The zero-order valence-electron chi connectivity index (χ0n) is 19.2. The first kappa shape index (κ1) is 23.0. The van der Waals surface area contributed by atoms with Crippen LogP contribution < -0.4 is 14.8 Å². The van der Waals surface area contributed by atoms with Gasteiger partial charge in [-0.2, -0.15) is 0 Å². The van der Waals surface area contributed by atoms with E-state index in [-0.39, 0.29) is 11.7 Å². The number of nitrogens with zero attached hydrogens (tertiary/aromatic N) is 1. The third-order valence-electron chi connectivity index (χ3n) is 5.81. The lowest BCUT2D eigenvalue weighted by molar-refractivity contribution is 0.0999. The lowest BCUT2D eigenvalue weighted by atomic mass is 10.0. The molecule has 0 radical (unpaired) electrons. The summed E-state index contributed by atoms with van der Waals surface area (Å²) in [6, 6.07) is 15.8. The highest BCUT2D eigenvalue weighted by atomic mass is 19.1. The number of halogens is 1. The van der Waals surface area contributed by atoms with Crippen LogP contribution in [0.4, 0.5) is 10.1 Å². The molecule has 174 valence electrons. The second-order valence-electron chi connectivity index (χ2n) is 7.97. The number of hydrogen-bond acceptors (Lipinski definition) is 5. The summed E-state index contributed by atoms with van der Waals surface area (Å²) >= 11 is 0. The molecule has 6 nitrogen and oxygen atoms in total. The van der Waals surface area contributed by atoms with Crippen LogP contribution >= 0.6 is 0 Å². The standard InChI is InChI=1S/C27H25FN2O4/c1-30-13-12-19-15-24(33-2)25(34-3)16-20(19)14-23(30)26(31)17-6-10-22(11-7-17)29-27(32)18-4-8-21(28)9-5-18/h4-11,14-16H,12-13H2,1-3H3,(H,29,32). The van der Waals surface area contributed by atoms with Gasteiger partial charge >= 0.3 is 0 Å². The normalized spacial score (nSPS) is 12.8. The predicted octanol–water partition coefficient (Wildman–Crippen LogP) is 4.81. The molecule has 3 aromatic rings. The number of benzene rings is 3. The van der Waals surface area contributed by atoms with E-state index in [0.29, 0.717) is 40.6 Å².